The quantitative estimate of drug-likeness (QED) is 0.607. The number of fused-ring (bicyclic) bond motifs is 1. The van der Waals surface area contributed by atoms with Crippen LogP contribution in [0.4, 0.5) is 0 Å². The van der Waals surface area contributed by atoms with Crippen LogP contribution in [0.5, 0.6) is 0 Å². The van der Waals surface area contributed by atoms with Crippen molar-refractivity contribution in [2.75, 3.05) is 0 Å². The molecule has 0 radical (unpaired) electrons. The fourth-order valence-corrected chi connectivity index (χ4v) is 1.67. The number of thiol groups is 1. The van der Waals surface area contributed by atoms with Crippen LogP contribution in [-0.2, 0) is 0 Å². The summed E-state index contributed by atoms with van der Waals surface area (Å²) in [4.78, 5) is 23.2. The zero-order valence-corrected chi connectivity index (χ0v) is 8.13. The minimum Gasteiger partial charge on any atom is -0.267 e. The van der Waals surface area contributed by atoms with Crippen LogP contribution in [0.2, 0.25) is 0 Å². The van der Waals surface area contributed by atoms with Crippen LogP contribution in [0, 0.1) is 13.8 Å². The van der Waals surface area contributed by atoms with Crippen molar-refractivity contribution in [2.45, 2.75) is 18.7 Å². The summed E-state index contributed by atoms with van der Waals surface area (Å²) in [6.45, 7) is 3.42. The highest BCUT2D eigenvalue weighted by Gasteiger charge is 2.13. The molecule has 0 atom stereocenters. The Morgan fingerprint density at radius 3 is 2.38 bits per heavy atom. The van der Waals surface area contributed by atoms with Crippen molar-refractivity contribution >= 4 is 12.6 Å². The molecule has 4 nitrogen and oxygen atoms in total. The van der Waals surface area contributed by atoms with E-state index in [1.54, 1.807) is 13.8 Å². The summed E-state index contributed by atoms with van der Waals surface area (Å²) in [7, 11) is 0. The van der Waals surface area contributed by atoms with Gasteiger partial charge in [0.25, 0.3) is 11.1 Å². The second-order valence-corrected chi connectivity index (χ2v) is 3.43. The third-order valence-corrected chi connectivity index (χ3v) is 2.65. The lowest BCUT2D eigenvalue weighted by atomic mass is 10.4. The topological polar surface area (TPSA) is 43.0 Å². The Kier molecular flexibility index (Phi) is 1.53. The zero-order chi connectivity index (χ0) is 9.75. The summed E-state index contributed by atoms with van der Waals surface area (Å²) in [5.74, 6) is 0. The first-order valence-corrected chi connectivity index (χ1v) is 4.25. The SMILES string of the molecule is Cc1c(S)c(=O)n2c(C)cc(=O)n12. The number of rotatable bonds is 0. The molecular formula is C8H8N2O2S. The van der Waals surface area contributed by atoms with E-state index < -0.39 is 0 Å². The van der Waals surface area contributed by atoms with Crippen LogP contribution in [0.25, 0.3) is 0 Å². The first-order valence-electron chi connectivity index (χ1n) is 3.80. The van der Waals surface area contributed by atoms with E-state index in [1.807, 2.05) is 0 Å². The number of hydrogen-bond donors (Lipinski definition) is 1. The Labute approximate surface area is 79.2 Å². The van der Waals surface area contributed by atoms with E-state index in [1.165, 1.54) is 15.1 Å². The van der Waals surface area contributed by atoms with Gasteiger partial charge in [-0.2, -0.15) is 0 Å². The van der Waals surface area contributed by atoms with E-state index in [0.717, 1.165) is 0 Å². The van der Waals surface area contributed by atoms with Gasteiger partial charge < -0.3 is 0 Å². The van der Waals surface area contributed by atoms with E-state index in [9.17, 15) is 9.59 Å². The molecule has 0 aliphatic carbocycles. The van der Waals surface area contributed by atoms with Gasteiger partial charge in [-0.1, -0.05) is 0 Å². The van der Waals surface area contributed by atoms with Gasteiger partial charge in [-0.15, -0.1) is 12.6 Å². The highest BCUT2D eigenvalue weighted by Crippen LogP contribution is 2.07. The van der Waals surface area contributed by atoms with Crippen molar-refractivity contribution in [2.24, 2.45) is 0 Å². The zero-order valence-electron chi connectivity index (χ0n) is 7.24. The number of hydrogen-bond acceptors (Lipinski definition) is 3. The lowest BCUT2D eigenvalue weighted by Gasteiger charge is -1.88. The van der Waals surface area contributed by atoms with Gasteiger partial charge in [0.15, 0.2) is 0 Å². The fourth-order valence-electron chi connectivity index (χ4n) is 1.48. The van der Waals surface area contributed by atoms with Crippen molar-refractivity contribution in [3.8, 4) is 0 Å². The summed E-state index contributed by atoms with van der Waals surface area (Å²) in [5.41, 5.74) is 0.803. The van der Waals surface area contributed by atoms with E-state index in [2.05, 4.69) is 12.6 Å². The molecule has 0 amide bonds. The molecule has 68 valence electrons. The van der Waals surface area contributed by atoms with Crippen molar-refractivity contribution in [1.29, 1.82) is 0 Å². The molecule has 2 heterocycles. The Hall–Kier alpha value is -1.23. The van der Waals surface area contributed by atoms with Crippen molar-refractivity contribution in [3.05, 3.63) is 38.2 Å². The van der Waals surface area contributed by atoms with Gasteiger partial charge in [0, 0.05) is 11.8 Å². The van der Waals surface area contributed by atoms with Crippen LogP contribution < -0.4 is 11.1 Å². The summed E-state index contributed by atoms with van der Waals surface area (Å²) < 4.78 is 2.67. The summed E-state index contributed by atoms with van der Waals surface area (Å²) in [6, 6.07) is 1.43. The molecule has 0 N–H and O–H groups in total. The smallest absolute Gasteiger partial charge is 0.267 e. The molecule has 0 saturated carbocycles. The maximum atomic E-state index is 11.5. The maximum absolute atomic E-state index is 11.5. The van der Waals surface area contributed by atoms with E-state index in [0.29, 0.717) is 16.3 Å². The van der Waals surface area contributed by atoms with Crippen LogP contribution in [0.15, 0.2) is 20.6 Å². The van der Waals surface area contributed by atoms with Crippen LogP contribution >= 0.6 is 12.6 Å². The molecule has 5 heteroatoms. The van der Waals surface area contributed by atoms with Crippen LogP contribution in [-0.4, -0.2) is 9.03 Å². The van der Waals surface area contributed by atoms with Gasteiger partial charge in [0.1, 0.15) is 0 Å². The molecule has 0 spiro atoms. The van der Waals surface area contributed by atoms with Gasteiger partial charge in [0.05, 0.1) is 10.6 Å². The largest absolute Gasteiger partial charge is 0.285 e. The fraction of sp³-hybridized carbons (Fsp3) is 0.250. The standard InChI is InChI=1S/C8H8N2O2S/c1-4-3-6(11)10-5(2)7(13)8(12)9(4)10/h3,13H,1-2H3. The minimum absolute atomic E-state index is 0.188. The third kappa shape index (κ3) is 0.875. The Morgan fingerprint density at radius 2 is 1.85 bits per heavy atom. The van der Waals surface area contributed by atoms with Gasteiger partial charge in [-0.25, -0.2) is 9.03 Å². The van der Waals surface area contributed by atoms with E-state index in [-0.39, 0.29) is 11.1 Å². The van der Waals surface area contributed by atoms with Crippen LogP contribution in [0.3, 0.4) is 0 Å². The molecule has 0 aromatic carbocycles. The lowest BCUT2D eigenvalue weighted by molar-refractivity contribution is 0.768. The summed E-state index contributed by atoms with van der Waals surface area (Å²) >= 11 is 4.04. The Balaban J connectivity index is 3.24. The summed E-state index contributed by atoms with van der Waals surface area (Å²) in [5, 5.41) is 0. The van der Waals surface area contributed by atoms with Gasteiger partial charge in [-0.3, -0.25) is 9.59 Å². The molecule has 0 fully saturated rings. The second kappa shape index (κ2) is 2.38. The number of aromatic nitrogens is 2. The minimum atomic E-state index is -0.236. The average molecular weight is 196 g/mol. The Morgan fingerprint density at radius 1 is 1.23 bits per heavy atom. The Bertz CT molecular complexity index is 582. The third-order valence-electron chi connectivity index (χ3n) is 2.13. The predicted molar refractivity (Wildman–Crippen MR) is 51.3 cm³/mol. The molecule has 0 saturated heterocycles. The monoisotopic (exact) mass is 196 g/mol. The summed E-state index contributed by atoms with van der Waals surface area (Å²) in [6.07, 6.45) is 0. The molecule has 2 rings (SSSR count). The van der Waals surface area contributed by atoms with Crippen molar-refractivity contribution < 1.29 is 0 Å². The number of aryl methyl sites for hydroxylation is 2. The second-order valence-electron chi connectivity index (χ2n) is 2.99. The van der Waals surface area contributed by atoms with Gasteiger partial charge in [-0.05, 0) is 13.8 Å². The molecule has 0 aliphatic rings. The number of nitrogens with zero attached hydrogens (tertiary/aromatic N) is 2. The molecule has 2 aromatic rings. The molecule has 0 aliphatic heterocycles. The molecule has 0 bridgehead atoms. The molecule has 13 heavy (non-hydrogen) atoms. The van der Waals surface area contributed by atoms with Crippen LogP contribution in [0.1, 0.15) is 11.4 Å². The van der Waals surface area contributed by atoms with Gasteiger partial charge >= 0.3 is 0 Å². The molecular weight excluding hydrogens is 188 g/mol. The van der Waals surface area contributed by atoms with Gasteiger partial charge in [0.2, 0.25) is 0 Å². The first-order chi connectivity index (χ1) is 6.04. The predicted octanol–water partition coefficient (Wildman–Crippen LogP) is 0.103. The highest BCUT2D eigenvalue weighted by molar-refractivity contribution is 7.80. The van der Waals surface area contributed by atoms with Crippen molar-refractivity contribution in [3.63, 3.8) is 0 Å². The van der Waals surface area contributed by atoms with Crippen molar-refractivity contribution in [1.82, 2.24) is 9.03 Å². The average Bonchev–Trinajstić information content (AvgIpc) is 2.47. The normalized spacial score (nSPS) is 11.3. The first kappa shape index (κ1) is 8.37. The maximum Gasteiger partial charge on any atom is 0.285 e. The lowest BCUT2D eigenvalue weighted by Crippen LogP contribution is -2.15. The van der Waals surface area contributed by atoms with E-state index >= 15 is 0 Å². The molecule has 2 aromatic heterocycles. The highest BCUT2D eigenvalue weighted by atomic mass is 32.1. The van der Waals surface area contributed by atoms with E-state index in [4.69, 9.17) is 0 Å². The molecule has 0 unspecified atom stereocenters.